The van der Waals surface area contributed by atoms with E-state index in [4.69, 9.17) is 5.41 Å². The lowest BCUT2D eigenvalue weighted by Crippen LogP contribution is -2.53. The maximum atomic E-state index is 9.91. The standard InChI is InChI=1S/C19H19N5S/c1-12(2)24-6-5-13-14(8-20)18(23)19(10-21,11-22)17(15(13)9-24)16-4-3-7-25-16/h3-5,7,12,14-15,17,23H,6,9H2,1-2H3/t14?,15-,17-/m1/s1. The molecule has 1 aromatic rings. The maximum absolute atomic E-state index is 9.91. The van der Waals surface area contributed by atoms with Gasteiger partial charge in [-0.15, -0.1) is 11.3 Å². The molecule has 0 saturated heterocycles. The second kappa shape index (κ2) is 6.45. The van der Waals surface area contributed by atoms with Crippen LogP contribution in [0.4, 0.5) is 0 Å². The monoisotopic (exact) mass is 349 g/mol. The lowest BCUT2D eigenvalue weighted by atomic mass is 9.55. The third kappa shape index (κ3) is 2.48. The predicted octanol–water partition coefficient (Wildman–Crippen LogP) is 3.31. The molecule has 25 heavy (non-hydrogen) atoms. The summed E-state index contributed by atoms with van der Waals surface area (Å²) in [6.07, 6.45) is 2.04. The number of hydrogen-bond donors (Lipinski definition) is 1. The third-order valence-electron chi connectivity index (χ3n) is 5.40. The number of thiophene rings is 1. The van der Waals surface area contributed by atoms with E-state index in [1.165, 1.54) is 11.3 Å². The van der Waals surface area contributed by atoms with Crippen molar-refractivity contribution in [3.63, 3.8) is 0 Å². The normalized spacial score (nSPS) is 28.4. The summed E-state index contributed by atoms with van der Waals surface area (Å²) in [6.45, 7) is 5.67. The molecule has 6 heteroatoms. The molecule has 2 aliphatic rings. The fourth-order valence-corrected chi connectivity index (χ4v) is 4.98. The van der Waals surface area contributed by atoms with Crippen LogP contribution in [0.15, 0.2) is 29.2 Å². The van der Waals surface area contributed by atoms with Crippen molar-refractivity contribution < 1.29 is 0 Å². The van der Waals surface area contributed by atoms with Crippen LogP contribution in [-0.2, 0) is 0 Å². The van der Waals surface area contributed by atoms with Gasteiger partial charge in [0.05, 0.1) is 23.9 Å². The molecule has 1 aliphatic heterocycles. The van der Waals surface area contributed by atoms with Crippen molar-refractivity contribution in [2.75, 3.05) is 13.1 Å². The SMILES string of the molecule is CC(C)N1CC=C2C(C#N)C(=N)C(C#N)(C#N)[C@@H](c3cccs3)[C@@H]2C1. The lowest BCUT2D eigenvalue weighted by molar-refractivity contribution is 0.172. The maximum Gasteiger partial charge on any atom is 0.190 e. The number of fused-ring (bicyclic) bond motifs is 1. The summed E-state index contributed by atoms with van der Waals surface area (Å²) in [4.78, 5) is 3.23. The van der Waals surface area contributed by atoms with Crippen LogP contribution < -0.4 is 0 Å². The highest BCUT2D eigenvalue weighted by atomic mass is 32.1. The van der Waals surface area contributed by atoms with Crippen molar-refractivity contribution in [2.45, 2.75) is 25.8 Å². The molecule has 0 radical (unpaired) electrons. The van der Waals surface area contributed by atoms with E-state index in [2.05, 4.69) is 37.0 Å². The van der Waals surface area contributed by atoms with Crippen molar-refractivity contribution in [3.05, 3.63) is 34.0 Å². The first-order chi connectivity index (χ1) is 12.0. The Morgan fingerprint density at radius 2 is 2.04 bits per heavy atom. The van der Waals surface area contributed by atoms with Gasteiger partial charge in [0.25, 0.3) is 0 Å². The average molecular weight is 349 g/mol. The van der Waals surface area contributed by atoms with E-state index >= 15 is 0 Å². The van der Waals surface area contributed by atoms with Crippen LogP contribution in [0, 0.1) is 56.7 Å². The highest BCUT2D eigenvalue weighted by Gasteiger charge is 2.58. The van der Waals surface area contributed by atoms with Gasteiger partial charge in [0.1, 0.15) is 5.92 Å². The van der Waals surface area contributed by atoms with Gasteiger partial charge in [0, 0.05) is 35.8 Å². The fraction of sp³-hybridized carbons (Fsp3) is 0.474. The largest absolute Gasteiger partial charge is 0.305 e. The van der Waals surface area contributed by atoms with E-state index in [0.29, 0.717) is 12.6 Å². The van der Waals surface area contributed by atoms with Gasteiger partial charge in [-0.05, 0) is 30.9 Å². The third-order valence-corrected chi connectivity index (χ3v) is 6.35. The van der Waals surface area contributed by atoms with E-state index < -0.39 is 17.3 Å². The Kier molecular flexibility index (Phi) is 4.48. The Morgan fingerprint density at radius 3 is 2.56 bits per heavy atom. The zero-order valence-electron chi connectivity index (χ0n) is 14.2. The smallest absolute Gasteiger partial charge is 0.190 e. The molecule has 126 valence electrons. The Balaban J connectivity index is 2.21. The van der Waals surface area contributed by atoms with Gasteiger partial charge < -0.3 is 5.41 Å². The molecule has 0 amide bonds. The number of nitrogens with one attached hydrogen (secondary N) is 1. The van der Waals surface area contributed by atoms with Gasteiger partial charge in [-0.3, -0.25) is 4.90 Å². The molecule has 0 spiro atoms. The van der Waals surface area contributed by atoms with Crippen LogP contribution in [-0.4, -0.2) is 29.7 Å². The Labute approximate surface area is 151 Å². The molecule has 5 nitrogen and oxygen atoms in total. The van der Waals surface area contributed by atoms with E-state index in [0.717, 1.165) is 17.0 Å². The summed E-state index contributed by atoms with van der Waals surface area (Å²) in [7, 11) is 0. The molecule has 0 bridgehead atoms. The first kappa shape index (κ1) is 17.4. The average Bonchev–Trinajstić information content (AvgIpc) is 3.14. The van der Waals surface area contributed by atoms with Gasteiger partial charge in [0.2, 0.25) is 0 Å². The fourth-order valence-electron chi connectivity index (χ4n) is 4.03. The molecule has 2 heterocycles. The van der Waals surface area contributed by atoms with Gasteiger partial charge in [-0.1, -0.05) is 12.1 Å². The zero-order valence-corrected chi connectivity index (χ0v) is 15.0. The highest BCUT2D eigenvalue weighted by Crippen LogP contribution is 2.54. The number of rotatable bonds is 2. The van der Waals surface area contributed by atoms with E-state index in [1.807, 2.05) is 23.6 Å². The van der Waals surface area contributed by atoms with Crippen LogP contribution >= 0.6 is 11.3 Å². The van der Waals surface area contributed by atoms with Gasteiger partial charge in [0.15, 0.2) is 5.41 Å². The molecule has 1 fully saturated rings. The van der Waals surface area contributed by atoms with Gasteiger partial charge in [-0.2, -0.15) is 15.8 Å². The first-order valence-electron chi connectivity index (χ1n) is 8.28. The number of nitriles is 3. The van der Waals surface area contributed by atoms with E-state index in [1.54, 1.807) is 0 Å². The molecule has 0 aromatic carbocycles. The highest BCUT2D eigenvalue weighted by molar-refractivity contribution is 7.10. The van der Waals surface area contributed by atoms with Crippen molar-refractivity contribution in [2.24, 2.45) is 17.3 Å². The van der Waals surface area contributed by atoms with Crippen molar-refractivity contribution in [3.8, 4) is 18.2 Å². The Bertz CT molecular complexity index is 817. The minimum atomic E-state index is -1.59. The van der Waals surface area contributed by atoms with Crippen LogP contribution in [0.5, 0.6) is 0 Å². The van der Waals surface area contributed by atoms with Crippen LogP contribution in [0.1, 0.15) is 24.6 Å². The summed E-state index contributed by atoms with van der Waals surface area (Å²) in [5, 5.41) is 39.9. The summed E-state index contributed by atoms with van der Waals surface area (Å²) >= 11 is 1.51. The Hall–Kier alpha value is -2.46. The first-order valence-corrected chi connectivity index (χ1v) is 9.16. The molecular weight excluding hydrogens is 330 g/mol. The number of nitrogens with zero attached hydrogens (tertiary/aromatic N) is 4. The molecule has 1 aliphatic carbocycles. The van der Waals surface area contributed by atoms with Crippen LogP contribution in [0.25, 0.3) is 0 Å². The van der Waals surface area contributed by atoms with Crippen molar-refractivity contribution >= 4 is 17.0 Å². The molecule has 1 saturated carbocycles. The molecule has 1 N–H and O–H groups in total. The second-order valence-corrected chi connectivity index (χ2v) is 7.84. The van der Waals surface area contributed by atoms with Gasteiger partial charge in [-0.25, -0.2) is 0 Å². The summed E-state index contributed by atoms with van der Waals surface area (Å²) < 4.78 is 0. The number of hydrogen-bond acceptors (Lipinski definition) is 6. The van der Waals surface area contributed by atoms with Gasteiger partial charge >= 0.3 is 0 Å². The summed E-state index contributed by atoms with van der Waals surface area (Å²) in [5.74, 6) is -1.30. The molecule has 1 unspecified atom stereocenters. The van der Waals surface area contributed by atoms with Crippen molar-refractivity contribution in [1.82, 2.24) is 4.90 Å². The topological polar surface area (TPSA) is 98.5 Å². The Morgan fingerprint density at radius 1 is 1.32 bits per heavy atom. The molecular formula is C19H19N5S. The summed E-state index contributed by atoms with van der Waals surface area (Å²) in [6, 6.07) is 10.6. The van der Waals surface area contributed by atoms with E-state index in [-0.39, 0.29) is 11.6 Å². The van der Waals surface area contributed by atoms with Crippen LogP contribution in [0.2, 0.25) is 0 Å². The lowest BCUT2D eigenvalue weighted by Gasteiger charge is -2.48. The quantitative estimate of drug-likeness (QED) is 0.828. The zero-order chi connectivity index (χ0) is 18.2. The summed E-state index contributed by atoms with van der Waals surface area (Å²) in [5.41, 5.74) is -0.754. The molecule has 1 aromatic heterocycles. The van der Waals surface area contributed by atoms with Crippen LogP contribution in [0.3, 0.4) is 0 Å². The van der Waals surface area contributed by atoms with Crippen molar-refractivity contribution in [1.29, 1.82) is 21.2 Å². The predicted molar refractivity (Wildman–Crippen MR) is 95.8 cm³/mol. The second-order valence-electron chi connectivity index (χ2n) is 6.86. The van der Waals surface area contributed by atoms with E-state index in [9.17, 15) is 15.8 Å². The molecule has 3 atom stereocenters. The minimum absolute atomic E-state index is 0.0705. The minimum Gasteiger partial charge on any atom is -0.305 e. The molecule has 3 rings (SSSR count).